The molecular weight excluding hydrogens is 331 g/mol. The molecule has 1 aliphatic heterocycles. The van der Waals surface area contributed by atoms with Crippen LogP contribution in [0.2, 0.25) is 0 Å². The standard InChI is InChI=1S/C21H25FN2O2/c22-19-15-17(23)8-9-18(19)20(25)7-4-12-24-13-10-21(26,11-14-24)16-5-2-1-3-6-16/h1-3,5-6,8-9,15,26H,4,7,10-14,23H2. The van der Waals surface area contributed by atoms with Crippen LogP contribution < -0.4 is 5.73 Å². The number of nitrogens with two attached hydrogens (primary N) is 1. The Hall–Kier alpha value is -2.24. The summed E-state index contributed by atoms with van der Waals surface area (Å²) in [6, 6.07) is 14.0. The summed E-state index contributed by atoms with van der Waals surface area (Å²) in [6.07, 6.45) is 2.34. The van der Waals surface area contributed by atoms with Gasteiger partial charge in [-0.15, -0.1) is 0 Å². The van der Waals surface area contributed by atoms with E-state index in [0.717, 1.165) is 25.2 Å². The van der Waals surface area contributed by atoms with Crippen molar-refractivity contribution in [3.05, 3.63) is 65.5 Å². The number of piperidine rings is 1. The lowest BCUT2D eigenvalue weighted by molar-refractivity contribution is -0.0260. The predicted octanol–water partition coefficient (Wildman–Crippen LogP) is 3.35. The van der Waals surface area contributed by atoms with Gasteiger partial charge in [0.25, 0.3) is 0 Å². The van der Waals surface area contributed by atoms with E-state index in [1.165, 1.54) is 12.1 Å². The third-order valence-corrected chi connectivity index (χ3v) is 5.17. The molecule has 0 unspecified atom stereocenters. The average molecular weight is 356 g/mol. The molecule has 3 rings (SSSR count). The molecule has 0 atom stereocenters. The number of halogens is 1. The summed E-state index contributed by atoms with van der Waals surface area (Å²) >= 11 is 0. The van der Waals surface area contributed by atoms with Crippen molar-refractivity contribution < 1.29 is 14.3 Å². The van der Waals surface area contributed by atoms with Crippen molar-refractivity contribution in [3.8, 4) is 0 Å². The number of benzene rings is 2. The number of Topliss-reactive ketones (excluding diaryl/α,β-unsaturated/α-hetero) is 1. The lowest BCUT2D eigenvalue weighted by Gasteiger charge is -2.38. The SMILES string of the molecule is Nc1ccc(C(=O)CCCN2CCC(O)(c3ccccc3)CC2)c(F)c1. The zero-order valence-corrected chi connectivity index (χ0v) is 14.8. The number of hydrogen-bond donors (Lipinski definition) is 2. The van der Waals surface area contributed by atoms with Gasteiger partial charge < -0.3 is 15.7 Å². The highest BCUT2D eigenvalue weighted by Crippen LogP contribution is 2.32. The largest absolute Gasteiger partial charge is 0.399 e. The lowest BCUT2D eigenvalue weighted by Crippen LogP contribution is -2.42. The Labute approximate surface area is 153 Å². The molecule has 2 aromatic carbocycles. The molecule has 5 heteroatoms. The van der Waals surface area contributed by atoms with Crippen molar-refractivity contribution in [2.45, 2.75) is 31.3 Å². The van der Waals surface area contributed by atoms with Crippen molar-refractivity contribution in [2.24, 2.45) is 0 Å². The number of likely N-dealkylation sites (tertiary alicyclic amines) is 1. The van der Waals surface area contributed by atoms with Gasteiger partial charge in [-0.1, -0.05) is 30.3 Å². The number of anilines is 1. The van der Waals surface area contributed by atoms with Gasteiger partial charge in [-0.3, -0.25) is 4.79 Å². The molecule has 0 aliphatic carbocycles. The molecule has 4 nitrogen and oxygen atoms in total. The molecule has 0 spiro atoms. The minimum absolute atomic E-state index is 0.108. The van der Waals surface area contributed by atoms with Gasteiger partial charge in [0.05, 0.1) is 11.2 Å². The van der Waals surface area contributed by atoms with Crippen molar-refractivity contribution in [3.63, 3.8) is 0 Å². The Morgan fingerprint density at radius 3 is 2.50 bits per heavy atom. The molecular formula is C21H25FN2O2. The van der Waals surface area contributed by atoms with Gasteiger partial charge in [-0.25, -0.2) is 4.39 Å². The van der Waals surface area contributed by atoms with E-state index in [-0.39, 0.29) is 11.3 Å². The van der Waals surface area contributed by atoms with Crippen LogP contribution in [0.4, 0.5) is 10.1 Å². The number of nitrogen functional groups attached to an aromatic ring is 1. The first-order valence-electron chi connectivity index (χ1n) is 9.06. The monoisotopic (exact) mass is 356 g/mol. The zero-order chi connectivity index (χ0) is 18.6. The number of rotatable bonds is 6. The van der Waals surface area contributed by atoms with Crippen LogP contribution in [-0.2, 0) is 5.60 Å². The highest BCUT2D eigenvalue weighted by molar-refractivity contribution is 5.96. The average Bonchev–Trinajstić information content (AvgIpc) is 2.64. The number of carbonyl (C=O) groups is 1. The second kappa shape index (κ2) is 7.98. The fraction of sp³-hybridized carbons (Fsp3) is 0.381. The Bertz CT molecular complexity index is 756. The third kappa shape index (κ3) is 4.29. The molecule has 138 valence electrons. The van der Waals surface area contributed by atoms with Crippen LogP contribution >= 0.6 is 0 Å². The molecule has 1 saturated heterocycles. The normalized spacial score (nSPS) is 17.2. The molecule has 0 bridgehead atoms. The molecule has 26 heavy (non-hydrogen) atoms. The number of hydrogen-bond acceptors (Lipinski definition) is 4. The minimum atomic E-state index is -0.763. The van der Waals surface area contributed by atoms with E-state index in [0.29, 0.717) is 31.4 Å². The van der Waals surface area contributed by atoms with E-state index < -0.39 is 11.4 Å². The highest BCUT2D eigenvalue weighted by Gasteiger charge is 2.33. The van der Waals surface area contributed by atoms with Crippen LogP contribution in [0.25, 0.3) is 0 Å². The Kier molecular flexibility index (Phi) is 5.69. The molecule has 3 N–H and O–H groups in total. The van der Waals surface area contributed by atoms with Crippen LogP contribution in [-0.4, -0.2) is 35.4 Å². The maximum Gasteiger partial charge on any atom is 0.165 e. The summed E-state index contributed by atoms with van der Waals surface area (Å²) in [4.78, 5) is 14.4. The van der Waals surface area contributed by atoms with E-state index in [4.69, 9.17) is 5.73 Å². The van der Waals surface area contributed by atoms with Crippen LogP contribution in [0.15, 0.2) is 48.5 Å². The Balaban J connectivity index is 1.46. The summed E-state index contributed by atoms with van der Waals surface area (Å²) in [5.41, 5.74) is 6.14. The summed E-state index contributed by atoms with van der Waals surface area (Å²) in [5.74, 6) is -0.749. The molecule has 0 aromatic heterocycles. The molecule has 1 heterocycles. The van der Waals surface area contributed by atoms with Crippen molar-refractivity contribution in [1.29, 1.82) is 0 Å². The van der Waals surface area contributed by atoms with Crippen molar-refractivity contribution >= 4 is 11.5 Å². The van der Waals surface area contributed by atoms with Crippen LogP contribution in [0.3, 0.4) is 0 Å². The van der Waals surface area contributed by atoms with E-state index in [9.17, 15) is 14.3 Å². The fourth-order valence-electron chi connectivity index (χ4n) is 3.54. The maximum atomic E-state index is 13.8. The highest BCUT2D eigenvalue weighted by atomic mass is 19.1. The van der Waals surface area contributed by atoms with E-state index in [2.05, 4.69) is 4.90 Å². The first kappa shape index (κ1) is 18.5. The summed E-state index contributed by atoms with van der Waals surface area (Å²) < 4.78 is 13.8. The second-order valence-corrected chi connectivity index (χ2v) is 7.01. The molecule has 0 radical (unpaired) electrons. The van der Waals surface area contributed by atoms with E-state index in [1.54, 1.807) is 6.07 Å². The number of nitrogens with zero attached hydrogens (tertiary/aromatic N) is 1. The first-order chi connectivity index (χ1) is 12.5. The molecule has 2 aromatic rings. The van der Waals surface area contributed by atoms with Crippen LogP contribution in [0.1, 0.15) is 41.6 Å². The molecule has 0 saturated carbocycles. The van der Waals surface area contributed by atoms with Gasteiger partial charge in [0.15, 0.2) is 5.78 Å². The maximum absolute atomic E-state index is 13.8. The van der Waals surface area contributed by atoms with Gasteiger partial charge in [0.2, 0.25) is 0 Å². The number of ketones is 1. The van der Waals surface area contributed by atoms with Gasteiger partial charge in [-0.2, -0.15) is 0 Å². The smallest absolute Gasteiger partial charge is 0.165 e. The summed E-state index contributed by atoms with van der Waals surface area (Å²) in [7, 11) is 0. The van der Waals surface area contributed by atoms with Crippen LogP contribution in [0, 0.1) is 5.82 Å². The predicted molar refractivity (Wildman–Crippen MR) is 100 cm³/mol. The third-order valence-electron chi connectivity index (χ3n) is 5.17. The minimum Gasteiger partial charge on any atom is -0.399 e. The lowest BCUT2D eigenvalue weighted by atomic mass is 9.84. The van der Waals surface area contributed by atoms with E-state index >= 15 is 0 Å². The second-order valence-electron chi connectivity index (χ2n) is 7.01. The van der Waals surface area contributed by atoms with Gasteiger partial charge in [0.1, 0.15) is 5.82 Å². The Morgan fingerprint density at radius 1 is 1.15 bits per heavy atom. The van der Waals surface area contributed by atoms with Crippen LogP contribution in [0.5, 0.6) is 0 Å². The quantitative estimate of drug-likeness (QED) is 0.615. The summed E-state index contributed by atoms with van der Waals surface area (Å²) in [5, 5.41) is 10.8. The molecule has 1 aliphatic rings. The topological polar surface area (TPSA) is 66.6 Å². The molecule has 1 fully saturated rings. The summed E-state index contributed by atoms with van der Waals surface area (Å²) in [6.45, 7) is 2.35. The van der Waals surface area contributed by atoms with Crippen molar-refractivity contribution in [1.82, 2.24) is 4.90 Å². The Morgan fingerprint density at radius 2 is 1.85 bits per heavy atom. The fourth-order valence-corrected chi connectivity index (χ4v) is 3.54. The van der Waals surface area contributed by atoms with E-state index in [1.807, 2.05) is 30.3 Å². The number of aliphatic hydroxyl groups is 1. The first-order valence-corrected chi connectivity index (χ1v) is 9.06. The molecule has 0 amide bonds. The van der Waals surface area contributed by atoms with Gasteiger partial charge in [0, 0.05) is 25.2 Å². The number of carbonyl (C=O) groups excluding carboxylic acids is 1. The van der Waals surface area contributed by atoms with Gasteiger partial charge in [-0.05, 0) is 49.6 Å². The van der Waals surface area contributed by atoms with Crippen molar-refractivity contribution in [2.75, 3.05) is 25.4 Å². The zero-order valence-electron chi connectivity index (χ0n) is 14.8. The van der Waals surface area contributed by atoms with Gasteiger partial charge >= 0.3 is 0 Å².